The predicted octanol–water partition coefficient (Wildman–Crippen LogP) is 0.547. The highest BCUT2D eigenvalue weighted by Gasteiger charge is 2.19. The maximum atomic E-state index is 10.1. The third-order valence-electron chi connectivity index (χ3n) is 2.30. The van der Waals surface area contributed by atoms with Crippen LogP contribution in [-0.4, -0.2) is 25.7 Å². The number of carbonyl (C=O) groups is 1. The number of amides is 1. The highest BCUT2D eigenvalue weighted by molar-refractivity contribution is 5.46. The molecule has 1 aliphatic rings. The van der Waals surface area contributed by atoms with Crippen molar-refractivity contribution in [2.24, 2.45) is 5.92 Å². The molecular weight excluding hydrogens is 142 g/mol. The predicted molar refractivity (Wildman–Crippen MR) is 42.2 cm³/mol. The van der Waals surface area contributed by atoms with Crippen molar-refractivity contribution in [3.05, 3.63) is 0 Å². The van der Waals surface area contributed by atoms with Crippen LogP contribution in [0.2, 0.25) is 0 Å². The molecule has 64 valence electrons. The van der Waals surface area contributed by atoms with Crippen LogP contribution in [-0.2, 0) is 9.53 Å². The van der Waals surface area contributed by atoms with Gasteiger partial charge in [-0.3, -0.25) is 4.79 Å². The Balaban J connectivity index is 2.26. The molecule has 0 aromatic rings. The van der Waals surface area contributed by atoms with Crippen molar-refractivity contribution in [3.8, 4) is 0 Å². The molecule has 0 aromatic heterocycles. The first-order chi connectivity index (χ1) is 5.34. The van der Waals surface area contributed by atoms with Gasteiger partial charge in [0.2, 0.25) is 6.41 Å². The molecular formula is C8H15NO2. The van der Waals surface area contributed by atoms with Crippen molar-refractivity contribution in [1.29, 1.82) is 0 Å². The van der Waals surface area contributed by atoms with Crippen LogP contribution in [0.5, 0.6) is 0 Å². The second-order valence-corrected chi connectivity index (χ2v) is 3.02. The van der Waals surface area contributed by atoms with Crippen LogP contribution in [0.15, 0.2) is 0 Å². The molecule has 0 saturated carbocycles. The lowest BCUT2D eigenvalue weighted by molar-refractivity contribution is -0.110. The number of hydrogen-bond donors (Lipinski definition) is 1. The Kier molecular flexibility index (Phi) is 3.36. The summed E-state index contributed by atoms with van der Waals surface area (Å²) >= 11 is 0. The molecule has 1 heterocycles. The molecule has 1 atom stereocenters. The van der Waals surface area contributed by atoms with Gasteiger partial charge in [-0.05, 0) is 25.7 Å². The summed E-state index contributed by atoms with van der Waals surface area (Å²) in [5, 5.41) is 2.78. The highest BCUT2D eigenvalue weighted by atomic mass is 16.5. The number of carbonyl (C=O) groups excluding carboxylic acids is 1. The van der Waals surface area contributed by atoms with Crippen LogP contribution >= 0.6 is 0 Å². The fourth-order valence-electron chi connectivity index (χ4n) is 1.46. The van der Waals surface area contributed by atoms with Gasteiger partial charge < -0.3 is 10.1 Å². The van der Waals surface area contributed by atoms with Crippen molar-refractivity contribution in [3.63, 3.8) is 0 Å². The molecule has 1 amide bonds. The van der Waals surface area contributed by atoms with E-state index in [4.69, 9.17) is 4.74 Å². The number of rotatable bonds is 3. The quantitative estimate of drug-likeness (QED) is 0.607. The van der Waals surface area contributed by atoms with E-state index in [1.54, 1.807) is 0 Å². The van der Waals surface area contributed by atoms with E-state index in [1.165, 1.54) is 0 Å². The Morgan fingerprint density at radius 3 is 2.73 bits per heavy atom. The lowest BCUT2D eigenvalue weighted by atomic mass is 9.93. The van der Waals surface area contributed by atoms with Crippen LogP contribution in [0.3, 0.4) is 0 Å². The van der Waals surface area contributed by atoms with E-state index >= 15 is 0 Å². The monoisotopic (exact) mass is 157 g/mol. The van der Waals surface area contributed by atoms with Crippen molar-refractivity contribution in [2.75, 3.05) is 13.2 Å². The number of hydrogen-bond acceptors (Lipinski definition) is 2. The zero-order chi connectivity index (χ0) is 8.10. The molecule has 0 aromatic carbocycles. The Hall–Kier alpha value is -0.570. The molecule has 3 heteroatoms. The largest absolute Gasteiger partial charge is 0.381 e. The average Bonchev–Trinajstić information content (AvgIpc) is 2.07. The zero-order valence-electron chi connectivity index (χ0n) is 6.88. The molecule has 0 spiro atoms. The van der Waals surface area contributed by atoms with Gasteiger partial charge in [0, 0.05) is 19.3 Å². The van der Waals surface area contributed by atoms with Crippen molar-refractivity contribution < 1.29 is 9.53 Å². The van der Waals surface area contributed by atoms with Crippen LogP contribution in [0.25, 0.3) is 0 Å². The van der Waals surface area contributed by atoms with Crippen LogP contribution in [0.4, 0.5) is 0 Å². The first kappa shape index (κ1) is 8.53. The van der Waals surface area contributed by atoms with Crippen LogP contribution in [0, 0.1) is 5.92 Å². The minimum absolute atomic E-state index is 0.302. The molecule has 1 rings (SSSR count). The Bertz CT molecular complexity index is 121. The first-order valence-corrected chi connectivity index (χ1v) is 4.12. The minimum Gasteiger partial charge on any atom is -0.381 e. The molecule has 1 saturated heterocycles. The molecule has 1 N–H and O–H groups in total. The Morgan fingerprint density at radius 2 is 2.18 bits per heavy atom. The Labute approximate surface area is 67.1 Å². The zero-order valence-corrected chi connectivity index (χ0v) is 6.88. The fraction of sp³-hybridized carbons (Fsp3) is 0.875. The smallest absolute Gasteiger partial charge is 0.207 e. The summed E-state index contributed by atoms with van der Waals surface area (Å²) in [5.41, 5.74) is 0. The lowest BCUT2D eigenvalue weighted by Crippen LogP contribution is -2.35. The molecule has 1 fully saturated rings. The van der Waals surface area contributed by atoms with E-state index in [1.807, 2.05) is 6.92 Å². The van der Waals surface area contributed by atoms with Gasteiger partial charge in [0.25, 0.3) is 0 Å². The number of nitrogens with one attached hydrogen (secondary N) is 1. The van der Waals surface area contributed by atoms with Crippen molar-refractivity contribution in [2.45, 2.75) is 25.8 Å². The number of ether oxygens (including phenoxy) is 1. The van der Waals surface area contributed by atoms with Gasteiger partial charge in [-0.25, -0.2) is 0 Å². The summed E-state index contributed by atoms with van der Waals surface area (Å²) in [5.74, 6) is 0.606. The molecule has 1 aliphatic heterocycles. The first-order valence-electron chi connectivity index (χ1n) is 4.12. The maximum absolute atomic E-state index is 10.1. The van der Waals surface area contributed by atoms with E-state index < -0.39 is 0 Å². The van der Waals surface area contributed by atoms with Gasteiger partial charge in [0.05, 0.1) is 0 Å². The van der Waals surface area contributed by atoms with Crippen LogP contribution < -0.4 is 5.32 Å². The maximum Gasteiger partial charge on any atom is 0.207 e. The molecule has 1 unspecified atom stereocenters. The average molecular weight is 157 g/mol. The molecule has 11 heavy (non-hydrogen) atoms. The third-order valence-corrected chi connectivity index (χ3v) is 2.30. The van der Waals surface area contributed by atoms with Gasteiger partial charge in [0.15, 0.2) is 0 Å². The van der Waals surface area contributed by atoms with Gasteiger partial charge in [-0.1, -0.05) is 0 Å². The van der Waals surface area contributed by atoms with Gasteiger partial charge in [-0.2, -0.15) is 0 Å². The summed E-state index contributed by atoms with van der Waals surface area (Å²) in [7, 11) is 0. The van der Waals surface area contributed by atoms with Gasteiger partial charge in [-0.15, -0.1) is 0 Å². The van der Waals surface area contributed by atoms with E-state index in [2.05, 4.69) is 5.32 Å². The summed E-state index contributed by atoms with van der Waals surface area (Å²) in [6.07, 6.45) is 2.92. The standard InChI is InChI=1S/C8H15NO2/c1-7(9-6-10)8-2-4-11-5-3-8/h6-8H,2-5H2,1H3,(H,9,10). The normalized spacial score (nSPS) is 22.6. The SMILES string of the molecule is CC(NC=O)C1CCOCC1. The highest BCUT2D eigenvalue weighted by Crippen LogP contribution is 2.17. The fourth-order valence-corrected chi connectivity index (χ4v) is 1.46. The Morgan fingerprint density at radius 1 is 1.55 bits per heavy atom. The van der Waals surface area contributed by atoms with Crippen molar-refractivity contribution in [1.82, 2.24) is 5.32 Å². The van der Waals surface area contributed by atoms with E-state index in [0.29, 0.717) is 12.0 Å². The lowest BCUT2D eigenvalue weighted by Gasteiger charge is -2.26. The van der Waals surface area contributed by atoms with Gasteiger partial charge in [0.1, 0.15) is 0 Å². The third kappa shape index (κ3) is 2.50. The molecule has 0 bridgehead atoms. The summed E-state index contributed by atoms with van der Waals surface area (Å²) in [6.45, 7) is 3.73. The second-order valence-electron chi connectivity index (χ2n) is 3.02. The summed E-state index contributed by atoms with van der Waals surface area (Å²) in [4.78, 5) is 10.1. The van der Waals surface area contributed by atoms with E-state index in [-0.39, 0.29) is 0 Å². The van der Waals surface area contributed by atoms with Gasteiger partial charge >= 0.3 is 0 Å². The molecule has 0 radical (unpaired) electrons. The minimum atomic E-state index is 0.302. The van der Waals surface area contributed by atoms with Crippen molar-refractivity contribution >= 4 is 6.41 Å². The molecule has 3 nitrogen and oxygen atoms in total. The van der Waals surface area contributed by atoms with E-state index in [0.717, 1.165) is 32.5 Å². The molecule has 0 aliphatic carbocycles. The second kappa shape index (κ2) is 4.34. The summed E-state index contributed by atoms with van der Waals surface area (Å²) < 4.78 is 5.21. The van der Waals surface area contributed by atoms with Crippen LogP contribution in [0.1, 0.15) is 19.8 Å². The van der Waals surface area contributed by atoms with E-state index in [9.17, 15) is 4.79 Å². The topological polar surface area (TPSA) is 38.3 Å². The summed E-state index contributed by atoms with van der Waals surface area (Å²) in [6, 6.07) is 0.302.